The molecule has 0 bridgehead atoms. The molecule has 1 aliphatic heterocycles. The summed E-state index contributed by atoms with van der Waals surface area (Å²) in [5.74, 6) is 0.752. The molecule has 1 unspecified atom stereocenters. The van der Waals surface area contributed by atoms with E-state index < -0.39 is 6.04 Å². The van der Waals surface area contributed by atoms with Crippen LogP contribution in [0.3, 0.4) is 0 Å². The summed E-state index contributed by atoms with van der Waals surface area (Å²) in [6, 6.07) is 13.4. The van der Waals surface area contributed by atoms with Crippen molar-refractivity contribution in [1.29, 1.82) is 5.26 Å². The fourth-order valence-electron chi connectivity index (χ4n) is 3.17. The minimum atomic E-state index is -0.558. The molecule has 0 saturated heterocycles. The number of unbranched alkanes of at least 4 members (excludes halogenated alkanes) is 2. The van der Waals surface area contributed by atoms with Gasteiger partial charge in [0.05, 0.1) is 12.1 Å². The van der Waals surface area contributed by atoms with Crippen molar-refractivity contribution in [2.75, 3.05) is 10.2 Å². The van der Waals surface area contributed by atoms with Crippen LogP contribution in [0.25, 0.3) is 0 Å². The summed E-state index contributed by atoms with van der Waals surface area (Å²) in [7, 11) is 0. The number of fused-ring (bicyclic) bond motifs is 1. The second-order valence-electron chi connectivity index (χ2n) is 6.49. The Morgan fingerprint density at radius 2 is 2.15 bits per heavy atom. The first-order valence-corrected chi connectivity index (χ1v) is 8.89. The van der Waals surface area contributed by atoms with Crippen LogP contribution in [-0.2, 0) is 17.9 Å². The van der Waals surface area contributed by atoms with Gasteiger partial charge >= 0.3 is 0 Å². The third-order valence-corrected chi connectivity index (χ3v) is 4.60. The number of carbonyl (C=O) groups excluding carboxylic acids is 1. The number of pyridine rings is 1. The van der Waals surface area contributed by atoms with Crippen LogP contribution < -0.4 is 16.0 Å². The van der Waals surface area contributed by atoms with E-state index in [1.54, 1.807) is 6.20 Å². The third kappa shape index (κ3) is 4.19. The van der Waals surface area contributed by atoms with E-state index in [1.165, 1.54) is 5.56 Å². The maximum Gasteiger partial charge on any atom is 0.241 e. The van der Waals surface area contributed by atoms with Gasteiger partial charge in [-0.1, -0.05) is 24.6 Å². The maximum atomic E-state index is 12.4. The van der Waals surface area contributed by atoms with Gasteiger partial charge in [0.1, 0.15) is 5.82 Å². The van der Waals surface area contributed by atoms with E-state index in [9.17, 15) is 4.79 Å². The minimum absolute atomic E-state index is 0.174. The molecule has 3 N–H and O–H groups in total. The molecule has 0 radical (unpaired) electrons. The van der Waals surface area contributed by atoms with E-state index >= 15 is 0 Å². The number of nitrogens with zero attached hydrogens (tertiary/aromatic N) is 3. The molecule has 1 amide bonds. The predicted octanol–water partition coefficient (Wildman–Crippen LogP) is 2.95. The molecule has 6 nitrogen and oxygen atoms in total. The van der Waals surface area contributed by atoms with Crippen molar-refractivity contribution < 1.29 is 4.79 Å². The number of aromatic nitrogens is 1. The Balaban J connectivity index is 1.64. The van der Waals surface area contributed by atoms with E-state index in [-0.39, 0.29) is 5.91 Å². The number of benzene rings is 1. The number of amides is 1. The largest absolute Gasteiger partial charge is 0.348 e. The van der Waals surface area contributed by atoms with Crippen LogP contribution in [0.1, 0.15) is 36.8 Å². The van der Waals surface area contributed by atoms with Gasteiger partial charge < -0.3 is 16.0 Å². The fourth-order valence-corrected chi connectivity index (χ4v) is 3.17. The van der Waals surface area contributed by atoms with Gasteiger partial charge in [-0.25, -0.2) is 4.98 Å². The number of anilines is 2. The van der Waals surface area contributed by atoms with E-state index in [2.05, 4.69) is 27.3 Å². The maximum absolute atomic E-state index is 12.4. The average Bonchev–Trinajstić information content (AvgIpc) is 3.11. The van der Waals surface area contributed by atoms with Crippen molar-refractivity contribution >= 4 is 17.4 Å². The molecular weight excluding hydrogens is 326 g/mol. The number of nitrogens with two attached hydrogens (primary N) is 1. The molecule has 26 heavy (non-hydrogen) atoms. The monoisotopic (exact) mass is 349 g/mol. The van der Waals surface area contributed by atoms with E-state index in [4.69, 9.17) is 11.0 Å². The molecule has 3 rings (SSSR count). The molecule has 0 spiro atoms. The zero-order valence-corrected chi connectivity index (χ0v) is 14.7. The third-order valence-electron chi connectivity index (χ3n) is 4.60. The molecule has 1 aliphatic rings. The second-order valence-corrected chi connectivity index (χ2v) is 6.49. The first-order valence-electron chi connectivity index (χ1n) is 8.89. The highest BCUT2D eigenvalue weighted by atomic mass is 16.2. The molecular formula is C20H23N5O. The van der Waals surface area contributed by atoms with Crippen molar-refractivity contribution in [3.05, 3.63) is 53.7 Å². The van der Waals surface area contributed by atoms with Crippen molar-refractivity contribution in [1.82, 2.24) is 4.98 Å². The van der Waals surface area contributed by atoms with Crippen LogP contribution in [0.4, 0.5) is 11.5 Å². The van der Waals surface area contributed by atoms with Gasteiger partial charge in [0, 0.05) is 31.4 Å². The van der Waals surface area contributed by atoms with Gasteiger partial charge in [0.25, 0.3) is 0 Å². The smallest absolute Gasteiger partial charge is 0.241 e. The highest BCUT2D eigenvalue weighted by Gasteiger charge is 2.24. The topological polar surface area (TPSA) is 95.0 Å². The predicted molar refractivity (Wildman–Crippen MR) is 101 cm³/mol. The van der Waals surface area contributed by atoms with Gasteiger partial charge in [-0.3, -0.25) is 4.79 Å². The summed E-state index contributed by atoms with van der Waals surface area (Å²) in [5, 5.41) is 11.5. The minimum Gasteiger partial charge on any atom is -0.348 e. The lowest BCUT2D eigenvalue weighted by molar-refractivity contribution is -0.117. The molecule has 0 aliphatic carbocycles. The summed E-state index contributed by atoms with van der Waals surface area (Å²) in [6.45, 7) is 1.48. The molecule has 1 aromatic carbocycles. The number of rotatable bonds is 7. The fraction of sp³-hybridized carbons (Fsp3) is 0.350. The Morgan fingerprint density at radius 1 is 1.27 bits per heavy atom. The van der Waals surface area contributed by atoms with E-state index in [0.29, 0.717) is 19.4 Å². The molecule has 6 heteroatoms. The zero-order chi connectivity index (χ0) is 18.4. The van der Waals surface area contributed by atoms with Gasteiger partial charge in [-0.05, 0) is 42.2 Å². The lowest BCUT2D eigenvalue weighted by Crippen LogP contribution is -2.35. The van der Waals surface area contributed by atoms with Gasteiger partial charge in [-0.15, -0.1) is 0 Å². The number of carbonyl (C=O) groups is 1. The molecule has 2 aromatic rings. The van der Waals surface area contributed by atoms with Crippen LogP contribution in [0.15, 0.2) is 42.6 Å². The molecule has 1 atom stereocenters. The highest BCUT2D eigenvalue weighted by molar-refractivity contribution is 5.95. The Bertz CT molecular complexity index is 800. The second kappa shape index (κ2) is 8.45. The van der Waals surface area contributed by atoms with Crippen LogP contribution in [0, 0.1) is 11.3 Å². The first-order chi connectivity index (χ1) is 12.7. The van der Waals surface area contributed by atoms with Crippen molar-refractivity contribution in [2.45, 2.75) is 44.8 Å². The Labute approximate surface area is 153 Å². The standard InChI is InChI=1S/C20H23N5O/c21-11-4-1-2-8-17(22)20(26)24-18-9-6-7-15-13-25(14-16(15)18)19-10-3-5-12-23-19/h3,5-7,9-10,12,17H,1-2,4,8,13-14,22H2,(H,24,26). The van der Waals surface area contributed by atoms with Crippen LogP contribution in [0.5, 0.6) is 0 Å². The lowest BCUT2D eigenvalue weighted by Gasteiger charge is -2.16. The van der Waals surface area contributed by atoms with Gasteiger partial charge in [0.15, 0.2) is 0 Å². The quantitative estimate of drug-likeness (QED) is 0.749. The van der Waals surface area contributed by atoms with Crippen LogP contribution in [-0.4, -0.2) is 16.9 Å². The zero-order valence-electron chi connectivity index (χ0n) is 14.7. The summed E-state index contributed by atoms with van der Waals surface area (Å²) in [6.07, 6.45) is 4.43. The van der Waals surface area contributed by atoms with Crippen LogP contribution in [0.2, 0.25) is 0 Å². The molecule has 1 aromatic heterocycles. The summed E-state index contributed by atoms with van der Waals surface area (Å²) < 4.78 is 0. The molecule has 0 fully saturated rings. The van der Waals surface area contributed by atoms with E-state index in [1.807, 2.05) is 30.3 Å². The van der Waals surface area contributed by atoms with Crippen molar-refractivity contribution in [2.24, 2.45) is 5.73 Å². The Morgan fingerprint density at radius 3 is 2.92 bits per heavy atom. The average molecular weight is 349 g/mol. The summed E-state index contributed by atoms with van der Waals surface area (Å²) >= 11 is 0. The van der Waals surface area contributed by atoms with Crippen molar-refractivity contribution in [3.8, 4) is 6.07 Å². The number of hydrogen-bond donors (Lipinski definition) is 2. The van der Waals surface area contributed by atoms with E-state index in [0.717, 1.165) is 36.5 Å². The highest BCUT2D eigenvalue weighted by Crippen LogP contribution is 2.31. The van der Waals surface area contributed by atoms with Crippen molar-refractivity contribution in [3.63, 3.8) is 0 Å². The molecule has 0 saturated carbocycles. The number of nitrogens with one attached hydrogen (secondary N) is 1. The normalized spacial score (nSPS) is 13.8. The number of nitriles is 1. The van der Waals surface area contributed by atoms with Gasteiger partial charge in [0.2, 0.25) is 5.91 Å². The summed E-state index contributed by atoms with van der Waals surface area (Å²) in [4.78, 5) is 19.0. The number of hydrogen-bond acceptors (Lipinski definition) is 5. The Hall–Kier alpha value is -2.91. The van der Waals surface area contributed by atoms with Crippen LogP contribution >= 0.6 is 0 Å². The SMILES string of the molecule is N#CCCCCC(N)C(=O)Nc1cccc2c1CN(c1ccccn1)C2. The molecule has 2 heterocycles. The summed E-state index contributed by atoms with van der Waals surface area (Å²) in [5.41, 5.74) is 9.12. The first kappa shape index (κ1) is 17.9. The molecule has 134 valence electrons. The lowest BCUT2D eigenvalue weighted by atomic mass is 10.1. The Kier molecular flexibility index (Phi) is 5.82. The van der Waals surface area contributed by atoms with Gasteiger partial charge in [-0.2, -0.15) is 5.26 Å².